The van der Waals surface area contributed by atoms with Gasteiger partial charge in [-0.25, -0.2) is 0 Å². The van der Waals surface area contributed by atoms with E-state index >= 15 is 0 Å². The van der Waals surface area contributed by atoms with Crippen LogP contribution < -0.4 is 10.6 Å². The minimum Gasteiger partial charge on any atom is -0.326 e. The predicted octanol–water partition coefficient (Wildman–Crippen LogP) is 3.28. The Labute approximate surface area is 112 Å². The monoisotopic (exact) mass is 268 g/mol. The molecule has 1 aromatic carbocycles. The molecule has 0 fully saturated rings. The maximum atomic E-state index is 11.6. The lowest BCUT2D eigenvalue weighted by Gasteiger charge is -2.10. The van der Waals surface area contributed by atoms with E-state index in [2.05, 4.69) is 10.6 Å². The average Bonchev–Trinajstić information content (AvgIpc) is 2.21. The molecule has 0 saturated carbocycles. The molecule has 1 rings (SSSR count). The number of benzene rings is 1. The standard InChI is InChI=1S/C13H17ClN2O2/c1-8(2)6-13(18)16-10-4-5-11(14)12(7-10)15-9(3)17/h4-5,7-8H,6H2,1-3H3,(H,15,17)(H,16,18). The van der Waals surface area contributed by atoms with Crippen molar-refractivity contribution in [3.8, 4) is 0 Å². The average molecular weight is 269 g/mol. The van der Waals surface area contributed by atoms with Gasteiger partial charge in [-0.2, -0.15) is 0 Å². The van der Waals surface area contributed by atoms with Crippen LogP contribution in [0.3, 0.4) is 0 Å². The van der Waals surface area contributed by atoms with Crippen LogP contribution in [0.25, 0.3) is 0 Å². The van der Waals surface area contributed by atoms with E-state index in [1.807, 2.05) is 13.8 Å². The zero-order chi connectivity index (χ0) is 13.7. The summed E-state index contributed by atoms with van der Waals surface area (Å²) in [4.78, 5) is 22.6. The van der Waals surface area contributed by atoms with Crippen LogP contribution in [0.4, 0.5) is 11.4 Å². The molecule has 0 atom stereocenters. The first-order valence-electron chi connectivity index (χ1n) is 5.75. The highest BCUT2D eigenvalue weighted by Crippen LogP contribution is 2.25. The molecule has 5 heteroatoms. The summed E-state index contributed by atoms with van der Waals surface area (Å²) in [6, 6.07) is 4.98. The molecule has 0 aliphatic rings. The smallest absolute Gasteiger partial charge is 0.224 e. The first-order valence-corrected chi connectivity index (χ1v) is 6.13. The van der Waals surface area contributed by atoms with E-state index in [4.69, 9.17) is 11.6 Å². The predicted molar refractivity (Wildman–Crippen MR) is 73.8 cm³/mol. The van der Waals surface area contributed by atoms with Crippen LogP contribution in [0.2, 0.25) is 5.02 Å². The Morgan fingerprint density at radius 2 is 1.94 bits per heavy atom. The Balaban J connectivity index is 2.78. The summed E-state index contributed by atoms with van der Waals surface area (Å²) < 4.78 is 0. The van der Waals surface area contributed by atoms with E-state index in [9.17, 15) is 9.59 Å². The first-order chi connectivity index (χ1) is 8.38. The van der Waals surface area contributed by atoms with Crippen LogP contribution in [0.1, 0.15) is 27.2 Å². The summed E-state index contributed by atoms with van der Waals surface area (Å²) in [5, 5.41) is 5.81. The Morgan fingerprint density at radius 1 is 1.28 bits per heavy atom. The summed E-state index contributed by atoms with van der Waals surface area (Å²) in [6.45, 7) is 5.36. The van der Waals surface area contributed by atoms with Gasteiger partial charge in [-0.05, 0) is 24.1 Å². The number of halogens is 1. The number of carbonyl (C=O) groups is 2. The molecule has 4 nitrogen and oxygen atoms in total. The maximum absolute atomic E-state index is 11.6. The van der Waals surface area contributed by atoms with Crippen molar-refractivity contribution in [1.29, 1.82) is 0 Å². The summed E-state index contributed by atoms with van der Waals surface area (Å²) in [7, 11) is 0. The molecule has 0 radical (unpaired) electrons. The van der Waals surface area contributed by atoms with E-state index in [1.165, 1.54) is 6.92 Å². The largest absolute Gasteiger partial charge is 0.326 e. The number of amides is 2. The van der Waals surface area contributed by atoms with E-state index < -0.39 is 0 Å². The van der Waals surface area contributed by atoms with Crippen LogP contribution in [-0.2, 0) is 9.59 Å². The Kier molecular flexibility index (Phi) is 5.16. The summed E-state index contributed by atoms with van der Waals surface area (Å²) in [5.41, 5.74) is 1.11. The van der Waals surface area contributed by atoms with E-state index in [0.29, 0.717) is 28.7 Å². The second kappa shape index (κ2) is 6.40. The van der Waals surface area contributed by atoms with Gasteiger partial charge in [0.15, 0.2) is 0 Å². The van der Waals surface area contributed by atoms with Gasteiger partial charge in [-0.1, -0.05) is 25.4 Å². The van der Waals surface area contributed by atoms with Crippen molar-refractivity contribution in [3.05, 3.63) is 23.2 Å². The van der Waals surface area contributed by atoms with Crippen LogP contribution in [0, 0.1) is 5.92 Å². The molecule has 2 N–H and O–H groups in total. The Morgan fingerprint density at radius 3 is 2.50 bits per heavy atom. The lowest BCUT2D eigenvalue weighted by atomic mass is 10.1. The fourth-order valence-electron chi connectivity index (χ4n) is 1.47. The van der Waals surface area contributed by atoms with Crippen molar-refractivity contribution in [2.24, 2.45) is 5.92 Å². The summed E-state index contributed by atoms with van der Waals surface area (Å²) in [5.74, 6) is 0.0377. The molecular weight excluding hydrogens is 252 g/mol. The molecule has 0 unspecified atom stereocenters. The van der Waals surface area contributed by atoms with Crippen LogP contribution >= 0.6 is 11.6 Å². The third-order valence-electron chi connectivity index (χ3n) is 2.15. The van der Waals surface area contributed by atoms with Crippen molar-refractivity contribution in [1.82, 2.24) is 0 Å². The van der Waals surface area contributed by atoms with Crippen molar-refractivity contribution < 1.29 is 9.59 Å². The molecule has 0 bridgehead atoms. The highest BCUT2D eigenvalue weighted by Gasteiger charge is 2.08. The normalized spacial score (nSPS) is 10.3. The van der Waals surface area contributed by atoms with Gasteiger partial charge >= 0.3 is 0 Å². The summed E-state index contributed by atoms with van der Waals surface area (Å²) in [6.07, 6.45) is 0.456. The Hall–Kier alpha value is -1.55. The number of nitrogens with one attached hydrogen (secondary N) is 2. The van der Waals surface area contributed by atoms with Crippen LogP contribution in [0.5, 0.6) is 0 Å². The molecule has 0 spiro atoms. The highest BCUT2D eigenvalue weighted by molar-refractivity contribution is 6.33. The van der Waals surface area contributed by atoms with Gasteiger partial charge in [-0.3, -0.25) is 9.59 Å². The lowest BCUT2D eigenvalue weighted by molar-refractivity contribution is -0.117. The van der Waals surface area contributed by atoms with Crippen molar-refractivity contribution >= 4 is 34.8 Å². The molecule has 0 saturated heterocycles. The van der Waals surface area contributed by atoms with Gasteiger partial charge < -0.3 is 10.6 Å². The molecule has 98 valence electrons. The number of carbonyl (C=O) groups excluding carboxylic acids is 2. The quantitative estimate of drug-likeness (QED) is 0.880. The fourth-order valence-corrected chi connectivity index (χ4v) is 1.64. The number of hydrogen-bond donors (Lipinski definition) is 2. The van der Waals surface area contributed by atoms with Gasteiger partial charge in [0.25, 0.3) is 0 Å². The fraction of sp³-hybridized carbons (Fsp3) is 0.385. The molecule has 0 aliphatic carbocycles. The first kappa shape index (κ1) is 14.5. The number of hydrogen-bond acceptors (Lipinski definition) is 2. The van der Waals surface area contributed by atoms with Crippen LogP contribution in [-0.4, -0.2) is 11.8 Å². The van der Waals surface area contributed by atoms with Gasteiger partial charge in [0.2, 0.25) is 11.8 Å². The molecule has 2 amide bonds. The third kappa shape index (κ3) is 4.75. The lowest BCUT2D eigenvalue weighted by Crippen LogP contribution is -2.14. The van der Waals surface area contributed by atoms with Crippen molar-refractivity contribution in [2.45, 2.75) is 27.2 Å². The van der Waals surface area contributed by atoms with Gasteiger partial charge in [0.1, 0.15) is 0 Å². The van der Waals surface area contributed by atoms with Crippen molar-refractivity contribution in [2.75, 3.05) is 10.6 Å². The molecular formula is C13H17ClN2O2. The van der Waals surface area contributed by atoms with E-state index in [-0.39, 0.29) is 11.8 Å². The van der Waals surface area contributed by atoms with E-state index in [0.717, 1.165) is 0 Å². The highest BCUT2D eigenvalue weighted by atomic mass is 35.5. The SMILES string of the molecule is CC(=O)Nc1cc(NC(=O)CC(C)C)ccc1Cl. The zero-order valence-electron chi connectivity index (χ0n) is 10.7. The van der Waals surface area contributed by atoms with Gasteiger partial charge in [0, 0.05) is 19.0 Å². The third-order valence-corrected chi connectivity index (χ3v) is 2.48. The van der Waals surface area contributed by atoms with Crippen molar-refractivity contribution in [3.63, 3.8) is 0 Å². The Bertz CT molecular complexity index is 458. The molecule has 0 heterocycles. The zero-order valence-corrected chi connectivity index (χ0v) is 11.5. The molecule has 0 aromatic heterocycles. The van der Waals surface area contributed by atoms with E-state index in [1.54, 1.807) is 18.2 Å². The van der Waals surface area contributed by atoms with Crippen LogP contribution in [0.15, 0.2) is 18.2 Å². The number of rotatable bonds is 4. The van der Waals surface area contributed by atoms with Gasteiger partial charge in [0.05, 0.1) is 10.7 Å². The summed E-state index contributed by atoms with van der Waals surface area (Å²) >= 11 is 5.93. The topological polar surface area (TPSA) is 58.2 Å². The second-order valence-corrected chi connectivity index (χ2v) is 4.93. The molecule has 0 aliphatic heterocycles. The minimum absolute atomic E-state index is 0.0545. The second-order valence-electron chi connectivity index (χ2n) is 4.52. The maximum Gasteiger partial charge on any atom is 0.224 e. The molecule has 18 heavy (non-hydrogen) atoms. The number of anilines is 2. The van der Waals surface area contributed by atoms with Gasteiger partial charge in [-0.15, -0.1) is 0 Å². The molecule has 1 aromatic rings. The minimum atomic E-state index is -0.206.